The van der Waals surface area contributed by atoms with E-state index in [1.54, 1.807) is 28.9 Å². The minimum atomic E-state index is 0.623. The topological polar surface area (TPSA) is 50.8 Å². The normalized spacial score (nSPS) is 9.94. The largest absolute Gasteiger partial charge is 0.439 e. The molecule has 0 aliphatic rings. The van der Waals surface area contributed by atoms with Gasteiger partial charge in [-0.2, -0.15) is 10.4 Å². The van der Waals surface area contributed by atoms with E-state index >= 15 is 0 Å². The Kier molecular flexibility index (Phi) is 3.10. The fourth-order valence-corrected chi connectivity index (χ4v) is 1.55. The highest BCUT2D eigenvalue weighted by atomic mass is 16.5. The van der Waals surface area contributed by atoms with Crippen molar-refractivity contribution in [3.63, 3.8) is 0 Å². The molecule has 0 bridgehead atoms. The van der Waals surface area contributed by atoms with Gasteiger partial charge in [0.05, 0.1) is 17.3 Å². The van der Waals surface area contributed by atoms with Crippen LogP contribution in [0.25, 0.3) is 0 Å². The molecule has 2 rings (SSSR count). The molecule has 0 fully saturated rings. The first-order chi connectivity index (χ1) is 8.22. The van der Waals surface area contributed by atoms with Crippen molar-refractivity contribution in [2.45, 2.75) is 20.4 Å². The van der Waals surface area contributed by atoms with Gasteiger partial charge in [0, 0.05) is 12.6 Å². The molecule has 1 aromatic carbocycles. The molecule has 1 aromatic heterocycles. The fourth-order valence-electron chi connectivity index (χ4n) is 1.55. The number of nitrogens with zero attached hydrogens (tertiary/aromatic N) is 3. The van der Waals surface area contributed by atoms with Crippen molar-refractivity contribution < 1.29 is 4.74 Å². The molecule has 0 amide bonds. The molecule has 86 valence electrons. The highest BCUT2D eigenvalue weighted by Gasteiger charge is 2.06. The predicted octanol–water partition coefficient (Wildman–Crippen LogP) is 2.88. The third-order valence-corrected chi connectivity index (χ3v) is 2.37. The van der Waals surface area contributed by atoms with Crippen LogP contribution in [0.4, 0.5) is 0 Å². The first kappa shape index (κ1) is 11.2. The lowest BCUT2D eigenvalue weighted by Gasteiger charge is -2.06. The number of hydrogen-bond donors (Lipinski definition) is 0. The molecule has 4 heteroatoms. The van der Waals surface area contributed by atoms with Crippen LogP contribution >= 0.6 is 0 Å². The van der Waals surface area contributed by atoms with E-state index in [0.717, 1.165) is 18.1 Å². The van der Waals surface area contributed by atoms with Crippen molar-refractivity contribution in [1.29, 1.82) is 5.26 Å². The zero-order valence-electron chi connectivity index (χ0n) is 9.84. The van der Waals surface area contributed by atoms with Crippen LogP contribution in [0.15, 0.2) is 30.3 Å². The summed E-state index contributed by atoms with van der Waals surface area (Å²) in [7, 11) is 0. The van der Waals surface area contributed by atoms with E-state index in [1.807, 2.05) is 19.9 Å². The Morgan fingerprint density at radius 3 is 2.65 bits per heavy atom. The number of aryl methyl sites for hydroxylation is 2. The minimum Gasteiger partial charge on any atom is -0.439 e. The number of benzene rings is 1. The van der Waals surface area contributed by atoms with Gasteiger partial charge >= 0.3 is 0 Å². The van der Waals surface area contributed by atoms with Crippen LogP contribution in [0.1, 0.15) is 18.2 Å². The van der Waals surface area contributed by atoms with Crippen LogP contribution in [0, 0.1) is 18.3 Å². The van der Waals surface area contributed by atoms with E-state index < -0.39 is 0 Å². The van der Waals surface area contributed by atoms with Crippen molar-refractivity contribution >= 4 is 0 Å². The maximum absolute atomic E-state index is 8.70. The van der Waals surface area contributed by atoms with E-state index in [4.69, 9.17) is 10.00 Å². The summed E-state index contributed by atoms with van der Waals surface area (Å²) >= 11 is 0. The van der Waals surface area contributed by atoms with Gasteiger partial charge in [-0.15, -0.1) is 0 Å². The van der Waals surface area contributed by atoms with Crippen LogP contribution in [0.5, 0.6) is 11.6 Å². The van der Waals surface area contributed by atoms with E-state index in [2.05, 4.69) is 11.2 Å². The molecule has 0 aliphatic heterocycles. The van der Waals surface area contributed by atoms with Gasteiger partial charge in [0.15, 0.2) is 0 Å². The van der Waals surface area contributed by atoms with E-state index in [1.165, 1.54) is 0 Å². The van der Waals surface area contributed by atoms with Crippen LogP contribution in [-0.2, 0) is 6.54 Å². The molecule has 0 saturated carbocycles. The highest BCUT2D eigenvalue weighted by Crippen LogP contribution is 2.22. The van der Waals surface area contributed by atoms with Crippen molar-refractivity contribution in [2.75, 3.05) is 0 Å². The fraction of sp³-hybridized carbons (Fsp3) is 0.231. The smallest absolute Gasteiger partial charge is 0.218 e. The number of nitriles is 1. The summed E-state index contributed by atoms with van der Waals surface area (Å²) in [5.41, 5.74) is 1.55. The van der Waals surface area contributed by atoms with Gasteiger partial charge in [0.25, 0.3) is 0 Å². The number of ether oxygens (including phenoxy) is 1. The number of aromatic nitrogens is 2. The van der Waals surface area contributed by atoms with Gasteiger partial charge < -0.3 is 4.74 Å². The zero-order chi connectivity index (χ0) is 12.3. The summed E-state index contributed by atoms with van der Waals surface area (Å²) in [5, 5.41) is 13.0. The lowest BCUT2D eigenvalue weighted by atomic mass is 10.2. The summed E-state index contributed by atoms with van der Waals surface area (Å²) in [4.78, 5) is 0. The molecule has 0 N–H and O–H groups in total. The zero-order valence-corrected chi connectivity index (χ0v) is 9.84. The first-order valence-electron chi connectivity index (χ1n) is 5.45. The Hall–Kier alpha value is -2.28. The van der Waals surface area contributed by atoms with E-state index in [-0.39, 0.29) is 0 Å². The average Bonchev–Trinajstić information content (AvgIpc) is 2.70. The highest BCUT2D eigenvalue weighted by molar-refractivity contribution is 5.36. The lowest BCUT2D eigenvalue weighted by Crippen LogP contribution is -1.99. The minimum absolute atomic E-state index is 0.623. The Balaban J connectivity index is 2.22. The predicted molar refractivity (Wildman–Crippen MR) is 63.9 cm³/mol. The Morgan fingerprint density at radius 1 is 1.35 bits per heavy atom. The second-order valence-corrected chi connectivity index (χ2v) is 3.68. The first-order valence-corrected chi connectivity index (χ1v) is 5.45. The molecule has 4 nitrogen and oxygen atoms in total. The molecule has 0 aliphatic carbocycles. The monoisotopic (exact) mass is 227 g/mol. The van der Waals surface area contributed by atoms with E-state index in [9.17, 15) is 0 Å². The maximum atomic E-state index is 8.70. The summed E-state index contributed by atoms with van der Waals surface area (Å²) in [6, 6.07) is 11.0. The SMILES string of the molecule is CCn1nc(C)cc1Oc1ccc(C#N)cc1. The van der Waals surface area contributed by atoms with Gasteiger partial charge in [-0.3, -0.25) is 0 Å². The number of hydrogen-bond acceptors (Lipinski definition) is 3. The molecular formula is C13H13N3O. The summed E-state index contributed by atoms with van der Waals surface area (Å²) in [6.45, 7) is 4.70. The summed E-state index contributed by atoms with van der Waals surface area (Å²) in [5.74, 6) is 1.42. The van der Waals surface area contributed by atoms with Crippen molar-refractivity contribution in [2.24, 2.45) is 0 Å². The van der Waals surface area contributed by atoms with Crippen LogP contribution in [-0.4, -0.2) is 9.78 Å². The van der Waals surface area contributed by atoms with Crippen LogP contribution in [0.3, 0.4) is 0 Å². The molecular weight excluding hydrogens is 214 g/mol. The van der Waals surface area contributed by atoms with Crippen molar-refractivity contribution in [3.8, 4) is 17.7 Å². The Labute approximate surface area is 100 Å². The third kappa shape index (κ3) is 2.45. The quantitative estimate of drug-likeness (QED) is 0.810. The van der Waals surface area contributed by atoms with E-state index in [0.29, 0.717) is 11.3 Å². The van der Waals surface area contributed by atoms with Crippen LogP contribution < -0.4 is 4.74 Å². The molecule has 17 heavy (non-hydrogen) atoms. The molecule has 0 atom stereocenters. The molecule has 0 radical (unpaired) electrons. The second-order valence-electron chi connectivity index (χ2n) is 3.68. The average molecular weight is 227 g/mol. The van der Waals surface area contributed by atoms with Gasteiger partial charge in [0.1, 0.15) is 5.75 Å². The summed E-state index contributed by atoms with van der Waals surface area (Å²) in [6.07, 6.45) is 0. The Bertz CT molecular complexity index is 549. The van der Waals surface area contributed by atoms with Crippen LogP contribution in [0.2, 0.25) is 0 Å². The summed E-state index contributed by atoms with van der Waals surface area (Å²) < 4.78 is 7.51. The maximum Gasteiger partial charge on any atom is 0.218 e. The number of rotatable bonds is 3. The van der Waals surface area contributed by atoms with Gasteiger partial charge in [-0.25, -0.2) is 4.68 Å². The molecule has 0 spiro atoms. The molecule has 0 unspecified atom stereocenters. The lowest BCUT2D eigenvalue weighted by molar-refractivity contribution is 0.416. The second kappa shape index (κ2) is 4.71. The van der Waals surface area contributed by atoms with Crippen molar-refractivity contribution in [1.82, 2.24) is 9.78 Å². The van der Waals surface area contributed by atoms with Gasteiger partial charge in [0.2, 0.25) is 5.88 Å². The van der Waals surface area contributed by atoms with Crippen molar-refractivity contribution in [3.05, 3.63) is 41.6 Å². The van der Waals surface area contributed by atoms with Gasteiger partial charge in [-0.1, -0.05) is 0 Å². The standard InChI is InChI=1S/C13H13N3O/c1-3-16-13(8-10(2)15-16)17-12-6-4-11(9-14)5-7-12/h4-8H,3H2,1-2H3. The molecule has 0 saturated heterocycles. The Morgan fingerprint density at radius 2 is 2.06 bits per heavy atom. The molecule has 2 aromatic rings. The third-order valence-electron chi connectivity index (χ3n) is 2.37. The molecule has 1 heterocycles. The van der Waals surface area contributed by atoms with Gasteiger partial charge in [-0.05, 0) is 38.1 Å².